The van der Waals surface area contributed by atoms with Gasteiger partial charge in [-0.1, -0.05) is 26.0 Å². The highest BCUT2D eigenvalue weighted by molar-refractivity contribution is 5.78. The van der Waals surface area contributed by atoms with Crippen LogP contribution in [0, 0.1) is 17.2 Å². The Hall–Kier alpha value is -2.06. The molecule has 0 aromatic heterocycles. The van der Waals surface area contributed by atoms with Gasteiger partial charge in [-0.3, -0.25) is 4.79 Å². The fraction of sp³-hybridized carbons (Fsp3) is 0.500. The van der Waals surface area contributed by atoms with Gasteiger partial charge in [0.25, 0.3) is 5.91 Å². The van der Waals surface area contributed by atoms with Gasteiger partial charge in [0, 0.05) is 6.54 Å². The van der Waals surface area contributed by atoms with Crippen molar-refractivity contribution in [2.75, 3.05) is 13.7 Å². The zero-order chi connectivity index (χ0) is 15.9. The second-order valence-electron chi connectivity index (χ2n) is 5.48. The van der Waals surface area contributed by atoms with Crippen LogP contribution in [0.2, 0.25) is 0 Å². The van der Waals surface area contributed by atoms with Crippen molar-refractivity contribution in [3.8, 4) is 11.8 Å². The quantitative estimate of drug-likeness (QED) is 0.803. The van der Waals surface area contributed by atoms with E-state index in [-0.39, 0.29) is 18.4 Å². The molecule has 0 spiro atoms. The van der Waals surface area contributed by atoms with Crippen LogP contribution >= 0.6 is 0 Å². The van der Waals surface area contributed by atoms with Crippen LogP contribution in [0.3, 0.4) is 0 Å². The lowest BCUT2D eigenvalue weighted by Crippen LogP contribution is -2.50. The van der Waals surface area contributed by atoms with Crippen molar-refractivity contribution in [2.45, 2.75) is 32.9 Å². The van der Waals surface area contributed by atoms with Gasteiger partial charge in [0.2, 0.25) is 0 Å². The molecule has 0 bridgehead atoms. The minimum Gasteiger partial charge on any atom is -0.484 e. The molecule has 5 nitrogen and oxygen atoms in total. The summed E-state index contributed by atoms with van der Waals surface area (Å²) in [6.45, 7) is 6.18. The Bertz CT molecular complexity index is 505. The molecule has 1 amide bonds. The first-order valence-electron chi connectivity index (χ1n) is 7.00. The molecule has 0 fully saturated rings. The number of nitrogens with zero attached hydrogens (tertiary/aromatic N) is 1. The zero-order valence-electron chi connectivity index (χ0n) is 13.1. The molecule has 1 aromatic carbocycles. The van der Waals surface area contributed by atoms with Crippen molar-refractivity contribution in [3.63, 3.8) is 0 Å². The van der Waals surface area contributed by atoms with Gasteiger partial charge in [-0.05, 0) is 37.6 Å². The summed E-state index contributed by atoms with van der Waals surface area (Å²) in [6.07, 6.45) is 0. The predicted octanol–water partition coefficient (Wildman–Crippen LogP) is 1.84. The van der Waals surface area contributed by atoms with Crippen LogP contribution in [0.1, 0.15) is 26.3 Å². The standard InChI is InChI=1S/C16H23N3O2/c1-12(2)16(3,11-17)19-15(20)10-21-14-7-5-13(6-8-14)9-18-4/h5-8,12,18H,9-10H2,1-4H3,(H,19,20). The second kappa shape index (κ2) is 7.65. The maximum Gasteiger partial charge on any atom is 0.259 e. The van der Waals surface area contributed by atoms with E-state index in [0.717, 1.165) is 12.1 Å². The molecule has 5 heteroatoms. The number of amides is 1. The van der Waals surface area contributed by atoms with Crippen LogP contribution in [-0.2, 0) is 11.3 Å². The van der Waals surface area contributed by atoms with E-state index in [0.29, 0.717) is 5.75 Å². The molecular formula is C16H23N3O2. The third kappa shape index (κ3) is 5.09. The number of carbonyl (C=O) groups is 1. The second-order valence-corrected chi connectivity index (χ2v) is 5.48. The van der Waals surface area contributed by atoms with E-state index in [9.17, 15) is 4.79 Å². The third-order valence-corrected chi connectivity index (χ3v) is 3.46. The Morgan fingerprint density at radius 1 is 1.38 bits per heavy atom. The summed E-state index contributed by atoms with van der Waals surface area (Å²) in [4.78, 5) is 11.9. The fourth-order valence-corrected chi connectivity index (χ4v) is 1.68. The maximum absolute atomic E-state index is 11.9. The highest BCUT2D eigenvalue weighted by Crippen LogP contribution is 2.15. The molecule has 0 aliphatic rings. The molecule has 1 rings (SSSR count). The van der Waals surface area contributed by atoms with Crippen LogP contribution in [0.25, 0.3) is 0 Å². The maximum atomic E-state index is 11.9. The number of nitriles is 1. The van der Waals surface area contributed by atoms with Gasteiger partial charge in [-0.15, -0.1) is 0 Å². The van der Waals surface area contributed by atoms with Gasteiger partial charge < -0.3 is 15.4 Å². The minimum atomic E-state index is -0.878. The highest BCUT2D eigenvalue weighted by Gasteiger charge is 2.29. The van der Waals surface area contributed by atoms with Crippen molar-refractivity contribution in [1.29, 1.82) is 5.26 Å². The number of ether oxygens (including phenoxy) is 1. The summed E-state index contributed by atoms with van der Waals surface area (Å²) in [5.41, 5.74) is 0.267. The minimum absolute atomic E-state index is 0.0206. The van der Waals surface area contributed by atoms with Gasteiger partial charge in [0.15, 0.2) is 6.61 Å². The molecule has 0 saturated heterocycles. The van der Waals surface area contributed by atoms with Gasteiger partial charge in [-0.25, -0.2) is 0 Å². The average molecular weight is 289 g/mol. The van der Waals surface area contributed by atoms with E-state index in [1.807, 2.05) is 45.2 Å². The lowest BCUT2D eigenvalue weighted by atomic mass is 9.90. The van der Waals surface area contributed by atoms with Crippen LogP contribution in [-0.4, -0.2) is 25.1 Å². The van der Waals surface area contributed by atoms with Crippen LogP contribution in [0.15, 0.2) is 24.3 Å². The summed E-state index contributed by atoms with van der Waals surface area (Å²) >= 11 is 0. The normalized spacial score (nSPS) is 13.3. The molecule has 0 aliphatic carbocycles. The number of benzene rings is 1. The first-order chi connectivity index (χ1) is 9.91. The summed E-state index contributed by atoms with van der Waals surface area (Å²) in [5, 5.41) is 14.9. The number of hydrogen-bond donors (Lipinski definition) is 2. The van der Waals surface area contributed by atoms with E-state index in [4.69, 9.17) is 10.00 Å². The van der Waals surface area contributed by atoms with Crippen molar-refractivity contribution < 1.29 is 9.53 Å². The average Bonchev–Trinajstić information content (AvgIpc) is 2.46. The first kappa shape index (κ1) is 17.0. The molecule has 2 N–H and O–H groups in total. The number of rotatable bonds is 7. The van der Waals surface area contributed by atoms with Crippen molar-refractivity contribution in [1.82, 2.24) is 10.6 Å². The Morgan fingerprint density at radius 2 is 2.00 bits per heavy atom. The summed E-state index contributed by atoms with van der Waals surface area (Å²) < 4.78 is 5.43. The van der Waals surface area contributed by atoms with E-state index < -0.39 is 5.54 Å². The summed E-state index contributed by atoms with van der Waals surface area (Å²) in [6, 6.07) is 9.67. The van der Waals surface area contributed by atoms with Crippen LogP contribution in [0.5, 0.6) is 5.75 Å². The lowest BCUT2D eigenvalue weighted by molar-refractivity contribution is -0.124. The first-order valence-corrected chi connectivity index (χ1v) is 7.00. The monoisotopic (exact) mass is 289 g/mol. The van der Waals surface area contributed by atoms with Crippen LogP contribution in [0.4, 0.5) is 0 Å². The predicted molar refractivity (Wildman–Crippen MR) is 81.7 cm³/mol. The van der Waals surface area contributed by atoms with Crippen molar-refractivity contribution >= 4 is 5.91 Å². The molecule has 1 atom stereocenters. The van der Waals surface area contributed by atoms with Gasteiger partial charge >= 0.3 is 0 Å². The van der Waals surface area contributed by atoms with E-state index in [2.05, 4.69) is 16.7 Å². The number of hydrogen-bond acceptors (Lipinski definition) is 4. The Labute approximate surface area is 126 Å². The van der Waals surface area contributed by atoms with E-state index >= 15 is 0 Å². The molecule has 114 valence electrons. The Morgan fingerprint density at radius 3 is 2.48 bits per heavy atom. The van der Waals surface area contributed by atoms with Crippen molar-refractivity contribution in [2.24, 2.45) is 5.92 Å². The largest absolute Gasteiger partial charge is 0.484 e. The molecule has 0 radical (unpaired) electrons. The van der Waals surface area contributed by atoms with Crippen molar-refractivity contribution in [3.05, 3.63) is 29.8 Å². The third-order valence-electron chi connectivity index (χ3n) is 3.46. The Kier molecular flexibility index (Phi) is 6.19. The zero-order valence-corrected chi connectivity index (χ0v) is 13.1. The molecule has 0 heterocycles. The van der Waals surface area contributed by atoms with E-state index in [1.54, 1.807) is 6.92 Å². The fourth-order valence-electron chi connectivity index (χ4n) is 1.68. The Balaban J connectivity index is 2.51. The van der Waals surface area contributed by atoms with Gasteiger partial charge in [-0.2, -0.15) is 5.26 Å². The van der Waals surface area contributed by atoms with Gasteiger partial charge in [0.05, 0.1) is 6.07 Å². The SMILES string of the molecule is CNCc1ccc(OCC(=O)NC(C)(C#N)C(C)C)cc1. The van der Waals surface area contributed by atoms with E-state index in [1.165, 1.54) is 0 Å². The molecule has 0 aliphatic heterocycles. The molecule has 0 saturated carbocycles. The highest BCUT2D eigenvalue weighted by atomic mass is 16.5. The molecule has 1 unspecified atom stereocenters. The summed E-state index contributed by atoms with van der Waals surface area (Å²) in [5.74, 6) is 0.354. The number of carbonyl (C=O) groups excluding carboxylic acids is 1. The molecule has 1 aromatic rings. The lowest BCUT2D eigenvalue weighted by Gasteiger charge is -2.27. The number of nitrogens with one attached hydrogen (secondary N) is 2. The summed E-state index contributed by atoms with van der Waals surface area (Å²) in [7, 11) is 1.88. The molecular weight excluding hydrogens is 266 g/mol. The van der Waals surface area contributed by atoms with Gasteiger partial charge in [0.1, 0.15) is 11.3 Å². The smallest absolute Gasteiger partial charge is 0.259 e. The topological polar surface area (TPSA) is 74.2 Å². The molecule has 21 heavy (non-hydrogen) atoms. The van der Waals surface area contributed by atoms with Crippen LogP contribution < -0.4 is 15.4 Å².